The van der Waals surface area contributed by atoms with Crippen LogP contribution in [0.1, 0.15) is 23.7 Å². The first-order valence-corrected chi connectivity index (χ1v) is 9.57. The van der Waals surface area contributed by atoms with Gasteiger partial charge in [-0.2, -0.15) is 0 Å². The SMILES string of the molecule is CCSc1ccccc1C(=O)N1CCC(S(C)(=O)=O)C1. The molecule has 1 saturated heterocycles. The fourth-order valence-electron chi connectivity index (χ4n) is 2.36. The summed E-state index contributed by atoms with van der Waals surface area (Å²) in [6.45, 7) is 2.87. The molecule has 0 N–H and O–H groups in total. The number of amides is 1. The smallest absolute Gasteiger partial charge is 0.255 e. The van der Waals surface area contributed by atoms with Gasteiger partial charge in [0.1, 0.15) is 0 Å². The maximum atomic E-state index is 12.5. The summed E-state index contributed by atoms with van der Waals surface area (Å²) in [6.07, 6.45) is 1.78. The van der Waals surface area contributed by atoms with E-state index in [1.807, 2.05) is 31.2 Å². The van der Waals surface area contributed by atoms with Gasteiger partial charge >= 0.3 is 0 Å². The van der Waals surface area contributed by atoms with Crippen molar-refractivity contribution in [1.29, 1.82) is 0 Å². The number of nitrogens with zero attached hydrogens (tertiary/aromatic N) is 1. The van der Waals surface area contributed by atoms with Crippen molar-refractivity contribution in [1.82, 2.24) is 4.90 Å². The quantitative estimate of drug-likeness (QED) is 0.799. The first-order valence-electron chi connectivity index (χ1n) is 6.63. The Balaban J connectivity index is 2.17. The van der Waals surface area contributed by atoms with Gasteiger partial charge in [0.2, 0.25) is 0 Å². The largest absolute Gasteiger partial charge is 0.337 e. The number of benzene rings is 1. The predicted molar refractivity (Wildman–Crippen MR) is 82.0 cm³/mol. The topological polar surface area (TPSA) is 54.5 Å². The molecule has 0 spiro atoms. The lowest BCUT2D eigenvalue weighted by Crippen LogP contribution is -2.31. The van der Waals surface area contributed by atoms with Gasteiger partial charge in [0, 0.05) is 24.2 Å². The van der Waals surface area contributed by atoms with E-state index in [1.165, 1.54) is 6.26 Å². The van der Waals surface area contributed by atoms with Gasteiger partial charge in [-0.3, -0.25) is 4.79 Å². The average Bonchev–Trinajstić information content (AvgIpc) is 2.88. The number of sulfone groups is 1. The van der Waals surface area contributed by atoms with Crippen LogP contribution in [0.3, 0.4) is 0 Å². The Hall–Kier alpha value is -1.01. The first kappa shape index (κ1) is 15.4. The van der Waals surface area contributed by atoms with E-state index < -0.39 is 15.1 Å². The highest BCUT2D eigenvalue weighted by atomic mass is 32.2. The third kappa shape index (κ3) is 3.35. The summed E-state index contributed by atoms with van der Waals surface area (Å²) in [5, 5.41) is -0.419. The van der Waals surface area contributed by atoms with Crippen molar-refractivity contribution in [3.63, 3.8) is 0 Å². The van der Waals surface area contributed by atoms with Gasteiger partial charge in [-0.25, -0.2) is 8.42 Å². The molecule has 6 heteroatoms. The molecule has 0 bridgehead atoms. The molecule has 0 aliphatic carbocycles. The number of likely N-dealkylation sites (tertiary alicyclic amines) is 1. The number of rotatable bonds is 4. The molecule has 2 rings (SSSR count). The highest BCUT2D eigenvalue weighted by molar-refractivity contribution is 7.99. The molecule has 1 atom stereocenters. The van der Waals surface area contributed by atoms with Gasteiger partial charge in [-0.1, -0.05) is 19.1 Å². The third-order valence-electron chi connectivity index (χ3n) is 3.46. The fraction of sp³-hybridized carbons (Fsp3) is 0.500. The van der Waals surface area contributed by atoms with Crippen LogP contribution in [0.5, 0.6) is 0 Å². The third-order valence-corrected chi connectivity index (χ3v) is 6.01. The van der Waals surface area contributed by atoms with Crippen LogP contribution in [0.2, 0.25) is 0 Å². The lowest BCUT2D eigenvalue weighted by atomic mass is 10.2. The van der Waals surface area contributed by atoms with Crippen molar-refractivity contribution in [3.8, 4) is 0 Å². The van der Waals surface area contributed by atoms with Gasteiger partial charge in [0.15, 0.2) is 9.84 Å². The minimum Gasteiger partial charge on any atom is -0.337 e. The van der Waals surface area contributed by atoms with Crippen molar-refractivity contribution in [2.24, 2.45) is 0 Å². The van der Waals surface area contributed by atoms with Crippen molar-refractivity contribution >= 4 is 27.5 Å². The molecule has 1 aliphatic rings. The van der Waals surface area contributed by atoms with Crippen LogP contribution in [0.4, 0.5) is 0 Å². The number of carbonyl (C=O) groups is 1. The van der Waals surface area contributed by atoms with Gasteiger partial charge in [-0.15, -0.1) is 11.8 Å². The Kier molecular flexibility index (Phi) is 4.75. The van der Waals surface area contributed by atoms with Crippen LogP contribution in [0.15, 0.2) is 29.2 Å². The Morgan fingerprint density at radius 1 is 1.40 bits per heavy atom. The van der Waals surface area contributed by atoms with E-state index in [-0.39, 0.29) is 5.91 Å². The zero-order valence-corrected chi connectivity index (χ0v) is 13.3. The standard InChI is InChI=1S/C14H19NO3S2/c1-3-19-13-7-5-4-6-12(13)14(16)15-9-8-11(10-15)20(2,17)18/h4-7,11H,3,8-10H2,1-2H3. The van der Waals surface area contributed by atoms with E-state index in [0.717, 1.165) is 10.6 Å². The number of carbonyl (C=O) groups excluding carboxylic acids is 1. The molecule has 0 saturated carbocycles. The molecular formula is C14H19NO3S2. The summed E-state index contributed by atoms with van der Waals surface area (Å²) < 4.78 is 23.1. The molecule has 1 fully saturated rings. The van der Waals surface area contributed by atoms with E-state index in [9.17, 15) is 13.2 Å². The van der Waals surface area contributed by atoms with Crippen molar-refractivity contribution in [3.05, 3.63) is 29.8 Å². The van der Waals surface area contributed by atoms with Crippen LogP contribution >= 0.6 is 11.8 Å². The zero-order chi connectivity index (χ0) is 14.8. The van der Waals surface area contributed by atoms with Crippen molar-refractivity contribution in [2.45, 2.75) is 23.5 Å². The molecule has 1 aliphatic heterocycles. The highest BCUT2D eigenvalue weighted by Gasteiger charge is 2.33. The zero-order valence-electron chi connectivity index (χ0n) is 11.7. The molecule has 1 aromatic rings. The summed E-state index contributed by atoms with van der Waals surface area (Å²) in [6, 6.07) is 7.51. The molecule has 1 aromatic carbocycles. The fourth-order valence-corrected chi connectivity index (χ4v) is 4.14. The highest BCUT2D eigenvalue weighted by Crippen LogP contribution is 2.25. The van der Waals surface area contributed by atoms with Gasteiger partial charge in [0.05, 0.1) is 10.8 Å². The van der Waals surface area contributed by atoms with Crippen LogP contribution in [0.25, 0.3) is 0 Å². The van der Waals surface area contributed by atoms with Crippen LogP contribution in [-0.4, -0.2) is 49.6 Å². The van der Waals surface area contributed by atoms with Gasteiger partial charge < -0.3 is 4.90 Å². The summed E-state index contributed by atoms with van der Waals surface area (Å²) in [7, 11) is -3.07. The molecule has 1 unspecified atom stereocenters. The maximum Gasteiger partial charge on any atom is 0.255 e. The van der Waals surface area contributed by atoms with Gasteiger partial charge in [-0.05, 0) is 24.3 Å². The van der Waals surface area contributed by atoms with E-state index >= 15 is 0 Å². The predicted octanol–water partition coefficient (Wildman–Crippen LogP) is 2.06. The molecule has 1 heterocycles. The van der Waals surface area contributed by atoms with Crippen LogP contribution in [0, 0.1) is 0 Å². The number of hydrogen-bond acceptors (Lipinski definition) is 4. The Bertz CT molecular complexity index is 598. The lowest BCUT2D eigenvalue weighted by molar-refractivity contribution is 0.0790. The van der Waals surface area contributed by atoms with Crippen molar-refractivity contribution in [2.75, 3.05) is 25.1 Å². The number of hydrogen-bond donors (Lipinski definition) is 0. The van der Waals surface area contributed by atoms with Crippen molar-refractivity contribution < 1.29 is 13.2 Å². The molecule has 0 radical (unpaired) electrons. The Morgan fingerprint density at radius 3 is 2.70 bits per heavy atom. The van der Waals surface area contributed by atoms with E-state index in [1.54, 1.807) is 16.7 Å². The molecular weight excluding hydrogens is 294 g/mol. The monoisotopic (exact) mass is 313 g/mol. The van der Waals surface area contributed by atoms with Crippen LogP contribution < -0.4 is 0 Å². The summed E-state index contributed by atoms with van der Waals surface area (Å²) >= 11 is 1.63. The molecule has 0 aromatic heterocycles. The lowest BCUT2D eigenvalue weighted by Gasteiger charge is -2.18. The summed E-state index contributed by atoms with van der Waals surface area (Å²) in [4.78, 5) is 15.1. The molecule has 1 amide bonds. The molecule has 4 nitrogen and oxygen atoms in total. The van der Waals surface area contributed by atoms with E-state index in [4.69, 9.17) is 0 Å². The molecule has 110 valence electrons. The Morgan fingerprint density at radius 2 is 2.10 bits per heavy atom. The minimum absolute atomic E-state index is 0.0623. The second kappa shape index (κ2) is 6.18. The minimum atomic E-state index is -3.07. The van der Waals surface area contributed by atoms with Crippen LogP contribution in [-0.2, 0) is 9.84 Å². The summed E-state index contributed by atoms with van der Waals surface area (Å²) in [5.74, 6) is 0.837. The van der Waals surface area contributed by atoms with E-state index in [0.29, 0.717) is 25.1 Å². The van der Waals surface area contributed by atoms with E-state index in [2.05, 4.69) is 0 Å². The maximum absolute atomic E-state index is 12.5. The average molecular weight is 313 g/mol. The Labute approximate surface area is 124 Å². The normalized spacial score (nSPS) is 19.3. The number of thioether (sulfide) groups is 1. The van der Waals surface area contributed by atoms with Gasteiger partial charge in [0.25, 0.3) is 5.91 Å². The second-order valence-corrected chi connectivity index (χ2v) is 8.55. The first-order chi connectivity index (χ1) is 9.43. The second-order valence-electron chi connectivity index (χ2n) is 4.92. The summed E-state index contributed by atoms with van der Waals surface area (Å²) in [5.41, 5.74) is 0.675. The molecule has 20 heavy (non-hydrogen) atoms.